The van der Waals surface area contributed by atoms with Crippen molar-refractivity contribution in [1.29, 1.82) is 0 Å². The number of aliphatic imine (C=N–C) groups is 1. The van der Waals surface area contributed by atoms with Gasteiger partial charge in [0, 0.05) is 64.4 Å². The fraction of sp³-hybridized carbons (Fsp3) is 0.286. The van der Waals surface area contributed by atoms with Crippen LogP contribution in [-0.2, 0) is 13.0 Å². The first-order valence-electron chi connectivity index (χ1n) is 11.3. The van der Waals surface area contributed by atoms with Gasteiger partial charge >= 0.3 is 0 Å². The van der Waals surface area contributed by atoms with Gasteiger partial charge in [0.25, 0.3) is 5.56 Å². The lowest BCUT2D eigenvalue weighted by molar-refractivity contribution is 0.697. The third-order valence-corrected chi connectivity index (χ3v) is 7.13. The van der Waals surface area contributed by atoms with Crippen LogP contribution in [0.2, 0.25) is 0 Å². The van der Waals surface area contributed by atoms with Gasteiger partial charge in [-0.1, -0.05) is 50.0 Å². The van der Waals surface area contributed by atoms with Gasteiger partial charge in [-0.05, 0) is 37.1 Å². The maximum Gasteiger partial charge on any atom is 0.264 e. The maximum absolute atomic E-state index is 14.0. The van der Waals surface area contributed by atoms with Crippen LogP contribution < -0.4 is 10.5 Å². The van der Waals surface area contributed by atoms with Crippen molar-refractivity contribution >= 4 is 22.7 Å². The largest absolute Gasteiger partial charge is 0.370 e. The lowest BCUT2D eigenvalue weighted by Crippen LogP contribution is -2.24. The Balaban J connectivity index is 1.62. The van der Waals surface area contributed by atoms with Crippen molar-refractivity contribution in [2.75, 3.05) is 11.9 Å². The van der Waals surface area contributed by atoms with E-state index in [1.807, 2.05) is 47.2 Å². The Morgan fingerprint density at radius 3 is 2.69 bits per heavy atom. The standard InChI is InChI=1S/C28H25N3O/c1-4-22-21-17-30(3)23-13-12-19(11-10-18-14-28(2)15-24(28)29-16-18)25(26(21)23)27(32)31(22)20-8-6-5-7-9-20/h5-9,12-14,16,24H,4,15,17H2,1-3H3. The van der Waals surface area contributed by atoms with E-state index in [2.05, 4.69) is 54.8 Å². The van der Waals surface area contributed by atoms with Crippen LogP contribution in [0.5, 0.6) is 0 Å². The second-order valence-corrected chi connectivity index (χ2v) is 9.35. The summed E-state index contributed by atoms with van der Waals surface area (Å²) in [6, 6.07) is 14.5. The Hall–Kier alpha value is -3.58. The molecule has 0 spiro atoms. The average Bonchev–Trinajstić information content (AvgIpc) is 3.38. The molecule has 2 unspecified atom stereocenters. The number of nitrogens with zero attached hydrogens (tertiary/aromatic N) is 3. The molecule has 32 heavy (non-hydrogen) atoms. The van der Waals surface area contributed by atoms with Gasteiger partial charge in [-0.2, -0.15) is 0 Å². The monoisotopic (exact) mass is 419 g/mol. The van der Waals surface area contributed by atoms with Crippen molar-refractivity contribution in [1.82, 2.24) is 4.57 Å². The Morgan fingerprint density at radius 1 is 1.12 bits per heavy atom. The van der Waals surface area contributed by atoms with Crippen LogP contribution in [0.25, 0.3) is 16.5 Å². The fourth-order valence-electron chi connectivity index (χ4n) is 5.28. The van der Waals surface area contributed by atoms with Crippen LogP contribution in [0.3, 0.4) is 0 Å². The SMILES string of the molecule is CCc1c2c3c(ccc(C#CC4=CC5(C)CC5N=C4)c3c(=O)n1-c1ccccc1)N(C)C2. The quantitative estimate of drug-likeness (QED) is 0.568. The van der Waals surface area contributed by atoms with Gasteiger partial charge in [-0.3, -0.25) is 14.4 Å². The van der Waals surface area contributed by atoms with Gasteiger partial charge in [-0.25, -0.2) is 0 Å². The van der Waals surface area contributed by atoms with Gasteiger partial charge in [0.1, 0.15) is 0 Å². The predicted octanol–water partition coefficient (Wildman–Crippen LogP) is 4.64. The van der Waals surface area contributed by atoms with E-state index in [0.29, 0.717) is 6.04 Å². The summed E-state index contributed by atoms with van der Waals surface area (Å²) in [7, 11) is 2.09. The lowest BCUT2D eigenvalue weighted by Gasteiger charge is -2.17. The number of allylic oxidation sites excluding steroid dienone is 1. The molecule has 0 radical (unpaired) electrons. The number of rotatable bonds is 2. The van der Waals surface area contributed by atoms with Crippen molar-refractivity contribution in [2.45, 2.75) is 39.3 Å². The summed E-state index contributed by atoms with van der Waals surface area (Å²) in [6.07, 6.45) is 6.02. The topological polar surface area (TPSA) is 37.6 Å². The number of dihydropyridines is 1. The zero-order valence-corrected chi connectivity index (χ0v) is 18.6. The number of para-hydroxylation sites is 1. The van der Waals surface area contributed by atoms with E-state index in [1.54, 1.807) is 0 Å². The molecule has 3 aliphatic rings. The van der Waals surface area contributed by atoms with E-state index in [0.717, 1.165) is 58.4 Å². The Kier molecular flexibility index (Phi) is 4.01. The molecule has 3 heterocycles. The first kappa shape index (κ1) is 19.1. The molecule has 1 saturated carbocycles. The highest BCUT2D eigenvalue weighted by molar-refractivity contribution is 6.03. The Morgan fingerprint density at radius 2 is 1.94 bits per heavy atom. The molecule has 1 aliphatic carbocycles. The minimum absolute atomic E-state index is 0.00811. The minimum Gasteiger partial charge on any atom is -0.370 e. The van der Waals surface area contributed by atoms with E-state index in [1.165, 1.54) is 5.56 Å². The van der Waals surface area contributed by atoms with Crippen molar-refractivity contribution in [3.05, 3.63) is 81.3 Å². The lowest BCUT2D eigenvalue weighted by atomic mass is 9.98. The van der Waals surface area contributed by atoms with E-state index in [9.17, 15) is 4.79 Å². The summed E-state index contributed by atoms with van der Waals surface area (Å²) < 4.78 is 1.89. The fourth-order valence-corrected chi connectivity index (χ4v) is 5.28. The van der Waals surface area contributed by atoms with Gasteiger partial charge in [0.2, 0.25) is 0 Å². The van der Waals surface area contributed by atoms with Crippen LogP contribution in [0.1, 0.15) is 37.1 Å². The summed E-state index contributed by atoms with van der Waals surface area (Å²) in [5.74, 6) is 6.62. The summed E-state index contributed by atoms with van der Waals surface area (Å²) in [4.78, 5) is 20.8. The molecule has 3 aromatic rings. The number of fused-ring (bicyclic) bond motifs is 1. The highest BCUT2D eigenvalue weighted by atomic mass is 16.1. The molecule has 1 fully saturated rings. The zero-order valence-electron chi connectivity index (χ0n) is 18.6. The summed E-state index contributed by atoms with van der Waals surface area (Å²) >= 11 is 0. The molecular formula is C28H25N3O. The molecule has 1 aromatic heterocycles. The van der Waals surface area contributed by atoms with Crippen LogP contribution in [-0.4, -0.2) is 23.9 Å². The highest BCUT2D eigenvalue weighted by Crippen LogP contribution is 2.51. The average molecular weight is 420 g/mol. The second kappa shape index (κ2) is 6.71. The van der Waals surface area contributed by atoms with Crippen molar-refractivity contribution in [2.24, 2.45) is 10.4 Å². The predicted molar refractivity (Wildman–Crippen MR) is 131 cm³/mol. The van der Waals surface area contributed by atoms with E-state index < -0.39 is 0 Å². The first-order valence-corrected chi connectivity index (χ1v) is 11.3. The molecule has 0 saturated heterocycles. The zero-order chi connectivity index (χ0) is 22.0. The van der Waals surface area contributed by atoms with Crippen molar-refractivity contribution < 1.29 is 0 Å². The van der Waals surface area contributed by atoms with Crippen molar-refractivity contribution in [3.63, 3.8) is 0 Å². The molecular weight excluding hydrogens is 394 g/mol. The van der Waals surface area contributed by atoms with E-state index in [-0.39, 0.29) is 11.0 Å². The third kappa shape index (κ3) is 2.71. The molecule has 2 aromatic carbocycles. The van der Waals surface area contributed by atoms with Gasteiger partial charge in [0.15, 0.2) is 0 Å². The number of pyridine rings is 1. The van der Waals surface area contributed by atoms with Crippen LogP contribution >= 0.6 is 0 Å². The molecule has 0 N–H and O–H groups in total. The van der Waals surface area contributed by atoms with Gasteiger partial charge < -0.3 is 4.90 Å². The number of anilines is 1. The normalized spacial score (nSPS) is 22.4. The highest BCUT2D eigenvalue weighted by Gasteiger charge is 2.49. The Labute approximate surface area is 187 Å². The molecule has 158 valence electrons. The second-order valence-electron chi connectivity index (χ2n) is 9.35. The number of aromatic nitrogens is 1. The molecule has 4 nitrogen and oxygen atoms in total. The molecule has 2 atom stereocenters. The summed E-state index contributed by atoms with van der Waals surface area (Å²) in [6.45, 7) is 5.16. The maximum atomic E-state index is 14.0. The van der Waals surface area contributed by atoms with Crippen LogP contribution in [0, 0.1) is 17.3 Å². The smallest absolute Gasteiger partial charge is 0.264 e. The van der Waals surface area contributed by atoms with Crippen LogP contribution in [0.15, 0.2) is 63.9 Å². The number of hydrogen-bond acceptors (Lipinski definition) is 3. The van der Waals surface area contributed by atoms with Crippen LogP contribution in [0.4, 0.5) is 5.69 Å². The number of hydrogen-bond donors (Lipinski definition) is 0. The molecule has 0 amide bonds. The van der Waals surface area contributed by atoms with Gasteiger partial charge in [-0.15, -0.1) is 0 Å². The molecule has 0 bridgehead atoms. The van der Waals surface area contributed by atoms with Crippen molar-refractivity contribution in [3.8, 4) is 17.5 Å². The number of benzene rings is 2. The summed E-state index contributed by atoms with van der Waals surface area (Å²) in [5.41, 5.74) is 6.24. The van der Waals surface area contributed by atoms with Gasteiger partial charge in [0.05, 0.1) is 11.4 Å². The van der Waals surface area contributed by atoms with E-state index in [4.69, 9.17) is 0 Å². The minimum atomic E-state index is 0.00811. The third-order valence-electron chi connectivity index (χ3n) is 7.13. The van der Waals surface area contributed by atoms with E-state index >= 15 is 0 Å². The first-order chi connectivity index (χ1) is 15.5. The summed E-state index contributed by atoms with van der Waals surface area (Å²) in [5, 5.41) is 1.79. The Bertz CT molecular complexity index is 1470. The molecule has 4 heteroatoms. The molecule has 2 aliphatic heterocycles. The molecule has 6 rings (SSSR count).